The standard InChI is InChI=1S/C13H20BrN5/c1-12-4-5-13(2,18-12)7-9(6-12)19(3)11-15-8-10(14)16-17-11/h8-9,18H,4-7H2,1-3H3/t9?,12-,13+. The maximum atomic E-state index is 4.35. The highest BCUT2D eigenvalue weighted by atomic mass is 79.9. The topological polar surface area (TPSA) is 53.9 Å². The zero-order valence-electron chi connectivity index (χ0n) is 11.6. The van der Waals surface area contributed by atoms with Gasteiger partial charge in [-0.25, -0.2) is 4.98 Å². The maximum absolute atomic E-state index is 4.35. The van der Waals surface area contributed by atoms with Gasteiger partial charge in [0.2, 0.25) is 5.95 Å². The van der Waals surface area contributed by atoms with Crippen molar-refractivity contribution in [2.45, 2.75) is 56.7 Å². The van der Waals surface area contributed by atoms with Gasteiger partial charge in [0, 0.05) is 24.2 Å². The molecule has 2 aliphatic heterocycles. The predicted molar refractivity (Wildman–Crippen MR) is 78.1 cm³/mol. The third kappa shape index (κ3) is 2.48. The van der Waals surface area contributed by atoms with Gasteiger partial charge in [0.15, 0.2) is 0 Å². The first-order chi connectivity index (χ1) is 8.89. The molecule has 0 radical (unpaired) electrons. The molecular formula is C13H20BrN5. The third-order valence-electron chi connectivity index (χ3n) is 4.59. The molecule has 1 aromatic heterocycles. The van der Waals surface area contributed by atoms with E-state index in [1.807, 2.05) is 0 Å². The predicted octanol–water partition coefficient (Wildman–Crippen LogP) is 2.13. The summed E-state index contributed by atoms with van der Waals surface area (Å²) >= 11 is 3.27. The number of piperidine rings is 1. The van der Waals surface area contributed by atoms with Gasteiger partial charge in [0.25, 0.3) is 0 Å². The summed E-state index contributed by atoms with van der Waals surface area (Å²) in [6.45, 7) is 4.66. The molecule has 2 bridgehead atoms. The molecule has 0 aliphatic carbocycles. The number of fused-ring (bicyclic) bond motifs is 2. The lowest BCUT2D eigenvalue weighted by atomic mass is 9.84. The number of halogens is 1. The van der Waals surface area contributed by atoms with E-state index in [-0.39, 0.29) is 11.1 Å². The Bertz CT molecular complexity index is 460. The highest BCUT2D eigenvalue weighted by Gasteiger charge is 2.49. The van der Waals surface area contributed by atoms with Gasteiger partial charge in [-0.15, -0.1) is 10.2 Å². The van der Waals surface area contributed by atoms with Gasteiger partial charge in [-0.05, 0) is 55.5 Å². The number of nitrogens with one attached hydrogen (secondary N) is 1. The normalized spacial score (nSPS) is 37.4. The summed E-state index contributed by atoms with van der Waals surface area (Å²) in [5, 5.41) is 12.0. The van der Waals surface area contributed by atoms with Gasteiger partial charge in [-0.2, -0.15) is 0 Å². The van der Waals surface area contributed by atoms with Crippen LogP contribution in [0.1, 0.15) is 39.5 Å². The second-order valence-electron chi connectivity index (χ2n) is 6.50. The quantitative estimate of drug-likeness (QED) is 0.902. The Morgan fingerprint density at radius 3 is 2.42 bits per heavy atom. The van der Waals surface area contributed by atoms with Crippen molar-refractivity contribution in [3.05, 3.63) is 10.8 Å². The van der Waals surface area contributed by atoms with Crippen molar-refractivity contribution in [1.82, 2.24) is 20.5 Å². The van der Waals surface area contributed by atoms with Crippen molar-refractivity contribution in [2.75, 3.05) is 11.9 Å². The monoisotopic (exact) mass is 325 g/mol. The van der Waals surface area contributed by atoms with Crippen LogP contribution in [0.5, 0.6) is 0 Å². The van der Waals surface area contributed by atoms with Gasteiger partial charge in [-0.3, -0.25) is 0 Å². The summed E-state index contributed by atoms with van der Waals surface area (Å²) < 4.78 is 0.675. The fourth-order valence-corrected chi connectivity index (χ4v) is 3.86. The number of aromatic nitrogens is 3. The van der Waals surface area contributed by atoms with Gasteiger partial charge in [0.05, 0.1) is 6.20 Å². The van der Waals surface area contributed by atoms with E-state index in [9.17, 15) is 0 Å². The average molecular weight is 326 g/mol. The molecule has 0 spiro atoms. The molecule has 1 N–H and O–H groups in total. The van der Waals surface area contributed by atoms with E-state index in [0.29, 0.717) is 16.6 Å². The molecule has 1 unspecified atom stereocenters. The fraction of sp³-hybridized carbons (Fsp3) is 0.769. The molecule has 19 heavy (non-hydrogen) atoms. The van der Waals surface area contributed by atoms with Gasteiger partial charge >= 0.3 is 0 Å². The Morgan fingerprint density at radius 1 is 1.26 bits per heavy atom. The molecule has 0 aromatic carbocycles. The van der Waals surface area contributed by atoms with Crippen LogP contribution in [0.2, 0.25) is 0 Å². The van der Waals surface area contributed by atoms with Crippen LogP contribution in [0, 0.1) is 0 Å². The molecule has 6 heteroatoms. The van der Waals surface area contributed by atoms with Crippen molar-refractivity contribution in [3.8, 4) is 0 Å². The highest BCUT2D eigenvalue weighted by Crippen LogP contribution is 2.43. The lowest BCUT2D eigenvalue weighted by Gasteiger charge is -2.45. The first-order valence-electron chi connectivity index (χ1n) is 6.77. The zero-order valence-corrected chi connectivity index (χ0v) is 13.2. The number of nitrogens with zero attached hydrogens (tertiary/aromatic N) is 4. The summed E-state index contributed by atoms with van der Waals surface area (Å²) in [6.07, 6.45) is 6.50. The SMILES string of the molecule is CN(c1ncc(Br)nn1)C1C[C@]2(C)CC[C@](C)(C1)N2. The van der Waals surface area contributed by atoms with Gasteiger partial charge < -0.3 is 10.2 Å². The Labute approximate surface area is 122 Å². The van der Waals surface area contributed by atoms with Gasteiger partial charge in [-0.1, -0.05) is 0 Å². The van der Waals surface area contributed by atoms with Crippen LogP contribution in [0.25, 0.3) is 0 Å². The van der Waals surface area contributed by atoms with E-state index >= 15 is 0 Å². The minimum absolute atomic E-state index is 0.259. The largest absolute Gasteiger partial charge is 0.339 e. The van der Waals surface area contributed by atoms with Gasteiger partial charge in [0.1, 0.15) is 4.60 Å². The highest BCUT2D eigenvalue weighted by molar-refractivity contribution is 9.10. The van der Waals surface area contributed by atoms with E-state index in [4.69, 9.17) is 0 Å². The van der Waals surface area contributed by atoms with Crippen LogP contribution >= 0.6 is 15.9 Å². The second-order valence-corrected chi connectivity index (χ2v) is 7.31. The first-order valence-corrected chi connectivity index (χ1v) is 7.56. The molecule has 2 aliphatic rings. The number of hydrogen-bond acceptors (Lipinski definition) is 5. The molecule has 3 rings (SSSR count). The van der Waals surface area contributed by atoms with Crippen LogP contribution in [-0.4, -0.2) is 39.3 Å². The Hall–Kier alpha value is -0.750. The van der Waals surface area contributed by atoms with Crippen molar-refractivity contribution in [1.29, 1.82) is 0 Å². The summed E-state index contributed by atoms with van der Waals surface area (Å²) in [5.41, 5.74) is 0.517. The summed E-state index contributed by atoms with van der Waals surface area (Å²) in [4.78, 5) is 6.54. The first kappa shape index (κ1) is 13.2. The Morgan fingerprint density at radius 2 is 1.89 bits per heavy atom. The molecule has 2 saturated heterocycles. The number of anilines is 1. The lowest BCUT2D eigenvalue weighted by Crippen LogP contribution is -2.58. The summed E-state index contributed by atoms with van der Waals surface area (Å²) in [5.74, 6) is 0.710. The minimum atomic E-state index is 0.259. The van der Waals surface area contributed by atoms with Crippen molar-refractivity contribution in [2.24, 2.45) is 0 Å². The fourth-order valence-electron chi connectivity index (χ4n) is 3.68. The maximum Gasteiger partial charge on any atom is 0.245 e. The molecule has 104 valence electrons. The van der Waals surface area contributed by atoms with Crippen LogP contribution in [-0.2, 0) is 0 Å². The summed E-state index contributed by atoms with van der Waals surface area (Å²) in [6, 6.07) is 0.474. The van der Waals surface area contributed by atoms with Crippen LogP contribution < -0.4 is 10.2 Å². The number of hydrogen-bond donors (Lipinski definition) is 1. The van der Waals surface area contributed by atoms with Crippen molar-refractivity contribution < 1.29 is 0 Å². The third-order valence-corrected chi connectivity index (χ3v) is 4.95. The second kappa shape index (κ2) is 4.38. The summed E-state index contributed by atoms with van der Waals surface area (Å²) in [7, 11) is 2.08. The van der Waals surface area contributed by atoms with E-state index in [2.05, 4.69) is 62.2 Å². The smallest absolute Gasteiger partial charge is 0.245 e. The lowest BCUT2D eigenvalue weighted by molar-refractivity contribution is 0.207. The molecule has 3 atom stereocenters. The Balaban J connectivity index is 1.81. The van der Waals surface area contributed by atoms with Crippen LogP contribution in [0.3, 0.4) is 0 Å². The zero-order chi connectivity index (χ0) is 13.7. The molecule has 3 heterocycles. The van der Waals surface area contributed by atoms with E-state index in [1.165, 1.54) is 12.8 Å². The van der Waals surface area contributed by atoms with E-state index < -0.39 is 0 Å². The number of rotatable bonds is 2. The minimum Gasteiger partial charge on any atom is -0.339 e. The van der Waals surface area contributed by atoms with Crippen LogP contribution in [0.4, 0.5) is 5.95 Å². The molecule has 5 nitrogen and oxygen atoms in total. The average Bonchev–Trinajstić information content (AvgIpc) is 2.58. The van der Waals surface area contributed by atoms with E-state index in [1.54, 1.807) is 6.20 Å². The molecule has 1 aromatic rings. The van der Waals surface area contributed by atoms with Crippen molar-refractivity contribution >= 4 is 21.9 Å². The molecule has 0 amide bonds. The molecule has 2 fully saturated rings. The molecular weight excluding hydrogens is 306 g/mol. The van der Waals surface area contributed by atoms with Crippen LogP contribution in [0.15, 0.2) is 10.8 Å². The van der Waals surface area contributed by atoms with E-state index in [0.717, 1.165) is 12.8 Å². The van der Waals surface area contributed by atoms with Crippen molar-refractivity contribution in [3.63, 3.8) is 0 Å². The Kier molecular flexibility index (Phi) is 3.05. The molecule has 0 saturated carbocycles.